The molecule has 0 fully saturated rings. The van der Waals surface area contributed by atoms with Gasteiger partial charge in [-0.15, -0.1) is 0 Å². The zero-order valence-corrected chi connectivity index (χ0v) is 19.5. The number of halogens is 1. The molecule has 2 aromatic carbocycles. The van der Waals surface area contributed by atoms with E-state index in [4.69, 9.17) is 4.74 Å². The van der Waals surface area contributed by atoms with E-state index < -0.39 is 10.0 Å². The third-order valence-electron chi connectivity index (χ3n) is 4.55. The summed E-state index contributed by atoms with van der Waals surface area (Å²) in [6.07, 6.45) is 0. The van der Waals surface area contributed by atoms with Crippen LogP contribution in [0.1, 0.15) is 37.9 Å². The van der Waals surface area contributed by atoms with Crippen LogP contribution in [-0.2, 0) is 14.8 Å². The zero-order chi connectivity index (χ0) is 21.6. The molecule has 2 rings (SSSR count). The standard InChI is InChI=1S/C21H27BrN2O4S/c1-5-24(6-2)29(26,27)18-10-8-17(9-11-18)16(4)23-21(25)14-28-20-12-7-15(3)13-19(20)22/h7-13,16H,5-6,14H2,1-4H3,(H,23,25). The minimum absolute atomic E-state index is 0.111. The van der Waals surface area contributed by atoms with Crippen molar-refractivity contribution in [1.29, 1.82) is 0 Å². The summed E-state index contributed by atoms with van der Waals surface area (Å²) in [5, 5.41) is 2.86. The van der Waals surface area contributed by atoms with E-state index in [2.05, 4.69) is 21.2 Å². The number of amides is 1. The number of carbonyl (C=O) groups excluding carboxylic acids is 1. The number of ether oxygens (including phenoxy) is 1. The molecule has 0 aliphatic carbocycles. The monoisotopic (exact) mass is 482 g/mol. The Kier molecular flexibility index (Phi) is 8.24. The fourth-order valence-electron chi connectivity index (χ4n) is 2.87. The van der Waals surface area contributed by atoms with Gasteiger partial charge in [0.25, 0.3) is 5.91 Å². The fraction of sp³-hybridized carbons (Fsp3) is 0.381. The number of hydrogen-bond acceptors (Lipinski definition) is 4. The van der Waals surface area contributed by atoms with Gasteiger partial charge in [-0.05, 0) is 65.2 Å². The number of rotatable bonds is 9. The molecule has 0 radical (unpaired) electrons. The van der Waals surface area contributed by atoms with E-state index >= 15 is 0 Å². The van der Waals surface area contributed by atoms with E-state index in [1.807, 2.05) is 45.9 Å². The Morgan fingerprint density at radius 2 is 1.76 bits per heavy atom. The van der Waals surface area contributed by atoms with E-state index in [0.717, 1.165) is 15.6 Å². The fourth-order valence-corrected chi connectivity index (χ4v) is 4.94. The van der Waals surface area contributed by atoms with Crippen molar-refractivity contribution >= 4 is 31.9 Å². The first-order valence-corrected chi connectivity index (χ1v) is 11.7. The average Bonchev–Trinajstić information content (AvgIpc) is 2.68. The van der Waals surface area contributed by atoms with Gasteiger partial charge in [0.1, 0.15) is 5.75 Å². The van der Waals surface area contributed by atoms with Crippen LogP contribution in [0.3, 0.4) is 0 Å². The molecular weight excluding hydrogens is 456 g/mol. The van der Waals surface area contributed by atoms with Gasteiger partial charge in [-0.25, -0.2) is 8.42 Å². The molecule has 1 amide bonds. The van der Waals surface area contributed by atoms with Gasteiger partial charge in [0.15, 0.2) is 6.61 Å². The van der Waals surface area contributed by atoms with Gasteiger partial charge >= 0.3 is 0 Å². The quantitative estimate of drug-likeness (QED) is 0.584. The summed E-state index contributed by atoms with van der Waals surface area (Å²) in [7, 11) is -3.49. The highest BCUT2D eigenvalue weighted by Gasteiger charge is 2.21. The molecule has 0 aliphatic heterocycles. The Labute approximate surface area is 181 Å². The highest BCUT2D eigenvalue weighted by molar-refractivity contribution is 9.10. The molecule has 0 aliphatic rings. The average molecular weight is 483 g/mol. The lowest BCUT2D eigenvalue weighted by atomic mass is 10.1. The van der Waals surface area contributed by atoms with Crippen LogP contribution in [-0.4, -0.2) is 38.3 Å². The van der Waals surface area contributed by atoms with Crippen molar-refractivity contribution in [2.45, 2.75) is 38.6 Å². The predicted octanol–water partition coefficient (Wildman–Crippen LogP) is 4.04. The van der Waals surface area contributed by atoms with Gasteiger partial charge in [0, 0.05) is 13.1 Å². The Morgan fingerprint density at radius 3 is 2.31 bits per heavy atom. The van der Waals surface area contributed by atoms with Crippen molar-refractivity contribution in [2.75, 3.05) is 19.7 Å². The van der Waals surface area contributed by atoms with E-state index in [1.165, 1.54) is 4.31 Å². The lowest BCUT2D eigenvalue weighted by Gasteiger charge is -2.19. The van der Waals surface area contributed by atoms with Gasteiger partial charge in [0.05, 0.1) is 15.4 Å². The summed E-state index contributed by atoms with van der Waals surface area (Å²) in [6, 6.07) is 12.0. The third-order valence-corrected chi connectivity index (χ3v) is 7.23. The number of benzene rings is 2. The van der Waals surface area contributed by atoms with Crippen molar-refractivity contribution in [3.05, 3.63) is 58.1 Å². The van der Waals surface area contributed by atoms with Crippen LogP contribution < -0.4 is 10.1 Å². The summed E-state index contributed by atoms with van der Waals surface area (Å²) in [4.78, 5) is 12.5. The Morgan fingerprint density at radius 1 is 1.14 bits per heavy atom. The van der Waals surface area contributed by atoms with Gasteiger partial charge in [-0.3, -0.25) is 4.79 Å². The molecule has 0 bridgehead atoms. The molecule has 1 atom stereocenters. The van der Waals surface area contributed by atoms with Gasteiger partial charge in [-0.1, -0.05) is 32.0 Å². The number of hydrogen-bond donors (Lipinski definition) is 1. The molecule has 0 spiro atoms. The summed E-state index contributed by atoms with van der Waals surface area (Å²) >= 11 is 3.42. The molecular formula is C21H27BrN2O4S. The third kappa shape index (κ3) is 6.04. The van der Waals surface area contributed by atoms with Crippen molar-refractivity contribution in [1.82, 2.24) is 9.62 Å². The van der Waals surface area contributed by atoms with Gasteiger partial charge in [0.2, 0.25) is 10.0 Å². The first-order valence-electron chi connectivity index (χ1n) is 9.47. The molecule has 0 heterocycles. The van der Waals surface area contributed by atoms with Crippen LogP contribution in [0.5, 0.6) is 5.75 Å². The number of carbonyl (C=O) groups is 1. The van der Waals surface area contributed by atoms with Crippen molar-refractivity contribution in [2.24, 2.45) is 0 Å². The van der Waals surface area contributed by atoms with E-state index in [9.17, 15) is 13.2 Å². The smallest absolute Gasteiger partial charge is 0.258 e. The maximum absolute atomic E-state index is 12.6. The predicted molar refractivity (Wildman–Crippen MR) is 117 cm³/mol. The molecule has 1 unspecified atom stereocenters. The summed E-state index contributed by atoms with van der Waals surface area (Å²) in [5.41, 5.74) is 1.90. The van der Waals surface area contributed by atoms with Crippen molar-refractivity contribution in [3.63, 3.8) is 0 Å². The highest BCUT2D eigenvalue weighted by atomic mass is 79.9. The summed E-state index contributed by atoms with van der Waals surface area (Å²) in [6.45, 7) is 8.16. The first kappa shape index (κ1) is 23.4. The number of nitrogens with one attached hydrogen (secondary N) is 1. The van der Waals surface area contributed by atoms with Crippen LogP contribution in [0, 0.1) is 6.92 Å². The summed E-state index contributed by atoms with van der Waals surface area (Å²) < 4.78 is 32.9. The van der Waals surface area contributed by atoms with Crippen LogP contribution in [0.2, 0.25) is 0 Å². The van der Waals surface area contributed by atoms with Crippen LogP contribution in [0.15, 0.2) is 51.8 Å². The normalized spacial score (nSPS) is 12.6. The van der Waals surface area contributed by atoms with E-state index in [-0.39, 0.29) is 23.5 Å². The van der Waals surface area contributed by atoms with Gasteiger partial charge < -0.3 is 10.1 Å². The SMILES string of the molecule is CCN(CC)S(=O)(=O)c1ccc(C(C)NC(=O)COc2ccc(C)cc2Br)cc1. The minimum atomic E-state index is -3.49. The molecule has 0 saturated heterocycles. The molecule has 2 aromatic rings. The molecule has 6 nitrogen and oxygen atoms in total. The molecule has 8 heteroatoms. The minimum Gasteiger partial charge on any atom is -0.483 e. The Balaban J connectivity index is 1.98. The second-order valence-corrected chi connectivity index (χ2v) is 9.46. The number of aryl methyl sites for hydroxylation is 1. The Bertz CT molecular complexity index is 942. The van der Waals surface area contributed by atoms with Crippen LogP contribution >= 0.6 is 15.9 Å². The van der Waals surface area contributed by atoms with Crippen LogP contribution in [0.4, 0.5) is 0 Å². The largest absolute Gasteiger partial charge is 0.483 e. The van der Waals surface area contributed by atoms with E-state index in [1.54, 1.807) is 24.3 Å². The number of sulfonamides is 1. The number of nitrogens with zero attached hydrogens (tertiary/aromatic N) is 1. The first-order chi connectivity index (χ1) is 13.7. The maximum atomic E-state index is 12.6. The maximum Gasteiger partial charge on any atom is 0.258 e. The topological polar surface area (TPSA) is 75.7 Å². The zero-order valence-electron chi connectivity index (χ0n) is 17.1. The highest BCUT2D eigenvalue weighted by Crippen LogP contribution is 2.25. The molecule has 29 heavy (non-hydrogen) atoms. The second kappa shape index (κ2) is 10.2. The van der Waals surface area contributed by atoms with Gasteiger partial charge in [-0.2, -0.15) is 4.31 Å². The lowest BCUT2D eigenvalue weighted by molar-refractivity contribution is -0.123. The molecule has 158 valence electrons. The summed E-state index contributed by atoms with van der Waals surface area (Å²) in [5.74, 6) is 0.342. The van der Waals surface area contributed by atoms with Crippen molar-refractivity contribution in [3.8, 4) is 5.75 Å². The molecule has 0 aromatic heterocycles. The second-order valence-electron chi connectivity index (χ2n) is 6.67. The van der Waals surface area contributed by atoms with Crippen molar-refractivity contribution < 1.29 is 17.9 Å². The van der Waals surface area contributed by atoms with E-state index in [0.29, 0.717) is 18.8 Å². The lowest BCUT2D eigenvalue weighted by Crippen LogP contribution is -2.32. The molecule has 0 saturated carbocycles. The molecule has 1 N–H and O–H groups in total. The Hall–Kier alpha value is -1.90. The van der Waals surface area contributed by atoms with Crippen LogP contribution in [0.25, 0.3) is 0 Å².